The minimum atomic E-state index is -1.17. The van der Waals surface area contributed by atoms with Crippen LogP contribution in [-0.2, 0) is 10.3 Å². The number of nitrogens with two attached hydrogens (primary N) is 1. The number of methoxy groups -OCH3 is 1. The summed E-state index contributed by atoms with van der Waals surface area (Å²) in [6.07, 6.45) is 6.88. The van der Waals surface area contributed by atoms with Crippen LogP contribution in [0.3, 0.4) is 0 Å². The molecule has 1 aromatic heterocycles. The van der Waals surface area contributed by atoms with Crippen LogP contribution >= 0.6 is 11.8 Å². The van der Waals surface area contributed by atoms with E-state index in [4.69, 9.17) is 21.6 Å². The van der Waals surface area contributed by atoms with E-state index >= 15 is 0 Å². The van der Waals surface area contributed by atoms with Crippen molar-refractivity contribution in [1.82, 2.24) is 4.98 Å². The van der Waals surface area contributed by atoms with Crippen LogP contribution in [0.25, 0.3) is 0 Å². The quantitative estimate of drug-likeness (QED) is 0.572. The molecule has 0 bridgehead atoms. The van der Waals surface area contributed by atoms with Crippen molar-refractivity contribution in [2.45, 2.75) is 37.5 Å². The van der Waals surface area contributed by atoms with Crippen molar-refractivity contribution >= 4 is 28.5 Å². The highest BCUT2D eigenvalue weighted by molar-refractivity contribution is 8.15. The highest BCUT2D eigenvalue weighted by Gasteiger charge is 2.44. The Hall–Kier alpha value is -3.16. The first-order chi connectivity index (χ1) is 16.0. The van der Waals surface area contributed by atoms with Crippen LogP contribution in [0.2, 0.25) is 0 Å². The number of thioether (sulfide) groups is 1. The zero-order valence-electron chi connectivity index (χ0n) is 19.4. The number of halogens is 2. The third-order valence-electron chi connectivity index (χ3n) is 5.33. The lowest BCUT2D eigenvalue weighted by molar-refractivity contribution is 0.102. The van der Waals surface area contributed by atoms with Gasteiger partial charge in [0.1, 0.15) is 18.1 Å². The Morgan fingerprint density at radius 2 is 2.09 bits per heavy atom. The van der Waals surface area contributed by atoms with E-state index in [1.165, 1.54) is 24.0 Å². The first-order valence-electron chi connectivity index (χ1n) is 10.4. The smallest absolute Gasteiger partial charge is 0.274 e. The molecule has 0 radical (unpaired) electrons. The second-order valence-electron chi connectivity index (χ2n) is 8.49. The zero-order valence-corrected chi connectivity index (χ0v) is 20.2. The van der Waals surface area contributed by atoms with Gasteiger partial charge in [0.05, 0.1) is 18.3 Å². The number of hydrogen-bond acceptors (Lipinski definition) is 7. The van der Waals surface area contributed by atoms with Crippen molar-refractivity contribution in [2.24, 2.45) is 10.7 Å². The Kier molecular flexibility index (Phi) is 7.48. The summed E-state index contributed by atoms with van der Waals surface area (Å²) in [4.78, 5) is 21.4. The molecule has 10 heteroatoms. The lowest BCUT2D eigenvalue weighted by atomic mass is 9.83. The van der Waals surface area contributed by atoms with Gasteiger partial charge in [0, 0.05) is 29.2 Å². The van der Waals surface area contributed by atoms with Gasteiger partial charge in [0.2, 0.25) is 0 Å². The Labute approximate surface area is 201 Å². The fraction of sp³-hybridized carbons (Fsp3) is 0.375. The summed E-state index contributed by atoms with van der Waals surface area (Å²) in [5.74, 6) is 0.0111. The molecule has 2 atom stereocenters. The molecular weight excluding hydrogens is 462 g/mol. The van der Waals surface area contributed by atoms with Crippen LogP contribution in [-0.4, -0.2) is 41.1 Å². The molecule has 1 aliphatic rings. The second-order valence-corrected chi connectivity index (χ2v) is 10.1. The number of nitrogens with one attached hydrogen (secondary N) is 1. The summed E-state index contributed by atoms with van der Waals surface area (Å²) in [5, 5.41) is 2.84. The van der Waals surface area contributed by atoms with Crippen LogP contribution in [0.1, 0.15) is 41.9 Å². The van der Waals surface area contributed by atoms with Crippen molar-refractivity contribution in [2.75, 3.05) is 25.6 Å². The third-order valence-corrected chi connectivity index (χ3v) is 6.39. The number of amidine groups is 1. The number of aliphatic imine (C=N–C) groups is 1. The third kappa shape index (κ3) is 5.48. The first kappa shape index (κ1) is 25.5. The molecular formula is C24H26F2N4O3S. The Morgan fingerprint density at radius 3 is 2.74 bits per heavy atom. The number of rotatable bonds is 7. The van der Waals surface area contributed by atoms with Crippen molar-refractivity contribution in [1.29, 1.82) is 0 Å². The highest BCUT2D eigenvalue weighted by atomic mass is 32.2. The van der Waals surface area contributed by atoms with Gasteiger partial charge < -0.3 is 20.5 Å². The van der Waals surface area contributed by atoms with E-state index in [1.54, 1.807) is 27.0 Å². The average Bonchev–Trinajstić information content (AvgIpc) is 2.73. The molecule has 34 heavy (non-hydrogen) atoms. The van der Waals surface area contributed by atoms with Crippen LogP contribution in [0, 0.1) is 30.9 Å². The topological polar surface area (TPSA) is 98.8 Å². The van der Waals surface area contributed by atoms with Gasteiger partial charge in [0.25, 0.3) is 5.91 Å². The number of nitrogens with zero attached hydrogens (tertiary/aromatic N) is 2. The predicted molar refractivity (Wildman–Crippen MR) is 129 cm³/mol. The molecule has 0 aliphatic carbocycles. The number of terminal acetylenes is 1. The lowest BCUT2D eigenvalue weighted by Gasteiger charge is -2.41. The predicted octanol–water partition coefficient (Wildman–Crippen LogP) is 4.00. The van der Waals surface area contributed by atoms with Gasteiger partial charge in [-0.3, -0.25) is 9.79 Å². The Balaban J connectivity index is 1.93. The lowest BCUT2D eigenvalue weighted by Crippen LogP contribution is -2.43. The van der Waals surface area contributed by atoms with Crippen LogP contribution < -0.4 is 15.8 Å². The van der Waals surface area contributed by atoms with Crippen molar-refractivity contribution < 1.29 is 23.0 Å². The van der Waals surface area contributed by atoms with E-state index in [0.717, 1.165) is 6.07 Å². The number of hydrogen-bond donors (Lipinski definition) is 2. The summed E-state index contributed by atoms with van der Waals surface area (Å²) < 4.78 is 39.7. The number of pyridine rings is 1. The largest absolute Gasteiger partial charge is 0.479 e. The molecule has 1 aromatic carbocycles. The molecule has 3 N–H and O–H groups in total. The van der Waals surface area contributed by atoms with Crippen LogP contribution in [0.15, 0.2) is 29.4 Å². The molecule has 3 rings (SSSR count). The number of benzene rings is 1. The summed E-state index contributed by atoms with van der Waals surface area (Å²) >= 11 is 1.33. The van der Waals surface area contributed by atoms with Gasteiger partial charge in [-0.25, -0.2) is 13.8 Å². The molecule has 0 fully saturated rings. The highest BCUT2D eigenvalue weighted by Crippen LogP contribution is 2.46. The molecule has 7 nitrogen and oxygen atoms in total. The maximum atomic E-state index is 15.0. The number of aryl methyl sites for hydroxylation is 1. The van der Waals surface area contributed by atoms with Gasteiger partial charge in [-0.1, -0.05) is 17.7 Å². The summed E-state index contributed by atoms with van der Waals surface area (Å²) in [6, 6.07) is 3.90. The number of aromatic nitrogens is 1. The second kappa shape index (κ2) is 9.99. The summed E-state index contributed by atoms with van der Waals surface area (Å²) in [7, 11) is 1.56. The van der Waals surface area contributed by atoms with E-state index < -0.39 is 27.8 Å². The minimum Gasteiger partial charge on any atom is -0.479 e. The maximum absolute atomic E-state index is 15.0. The molecule has 2 heterocycles. The normalized spacial score (nSPS) is 22.0. The Morgan fingerprint density at radius 1 is 1.35 bits per heavy atom. The number of ether oxygens (including phenoxy) is 2. The van der Waals surface area contributed by atoms with Crippen LogP contribution in [0.4, 0.5) is 14.5 Å². The van der Waals surface area contributed by atoms with Crippen molar-refractivity contribution in [3.63, 3.8) is 0 Å². The monoisotopic (exact) mass is 488 g/mol. The van der Waals surface area contributed by atoms with Gasteiger partial charge in [-0.05, 0) is 44.9 Å². The summed E-state index contributed by atoms with van der Waals surface area (Å²) in [6.45, 7) is 5.69. The van der Waals surface area contributed by atoms with Crippen molar-refractivity contribution in [3.05, 3.63) is 52.9 Å². The van der Waals surface area contributed by atoms with Gasteiger partial charge in [0.15, 0.2) is 16.8 Å². The van der Waals surface area contributed by atoms with E-state index in [-0.39, 0.29) is 28.7 Å². The minimum absolute atomic E-state index is 0.0175. The number of amides is 1. The average molecular weight is 489 g/mol. The molecule has 0 spiro atoms. The van der Waals surface area contributed by atoms with E-state index in [0.29, 0.717) is 24.3 Å². The fourth-order valence-electron chi connectivity index (χ4n) is 4.10. The number of anilines is 1. The first-order valence-corrected chi connectivity index (χ1v) is 11.2. The summed E-state index contributed by atoms with van der Waals surface area (Å²) in [5.41, 5.74) is 5.55. The molecule has 180 valence electrons. The van der Waals surface area contributed by atoms with Crippen molar-refractivity contribution in [3.8, 4) is 18.1 Å². The molecule has 0 saturated heterocycles. The number of carbonyl (C=O) groups excluding carboxylic acids is 1. The van der Waals surface area contributed by atoms with E-state index in [2.05, 4.69) is 21.2 Å². The molecule has 0 saturated carbocycles. The standard InChI is InChI=1S/C24H26F2N4O3S/c1-6-7-33-16-8-14(2)20(28-11-16)21(31)29-15-9-17(19(26)18(25)10-15)24(4)12-23(3,13-32-5)34-22(27)30-24/h1,8-11H,7,12-13H2,2-5H3,(H2,27,30)(H,29,31)/t23-,24+/m1/s1. The van der Waals surface area contributed by atoms with Gasteiger partial charge in [-0.2, -0.15) is 0 Å². The zero-order chi connectivity index (χ0) is 25.1. The van der Waals surface area contributed by atoms with Gasteiger partial charge in [-0.15, -0.1) is 6.42 Å². The SMILES string of the molecule is C#CCOc1cnc(C(=O)Nc2cc(F)c(F)c([C@]3(C)C[C@](C)(COC)SC(N)=N3)c2)c(C)c1. The molecule has 2 aromatic rings. The molecule has 0 unspecified atom stereocenters. The van der Waals surface area contributed by atoms with E-state index in [9.17, 15) is 13.6 Å². The molecule has 1 amide bonds. The Bertz CT molecular complexity index is 1180. The maximum Gasteiger partial charge on any atom is 0.274 e. The van der Waals surface area contributed by atoms with E-state index in [1.807, 2.05) is 6.92 Å². The number of carbonyl (C=O) groups is 1. The molecule has 1 aliphatic heterocycles. The fourth-order valence-corrected chi connectivity index (χ4v) is 5.38. The van der Waals surface area contributed by atoms with Crippen LogP contribution in [0.5, 0.6) is 5.75 Å². The van der Waals surface area contributed by atoms with Gasteiger partial charge >= 0.3 is 0 Å².